The molecule has 7 heteroatoms. The standard InChI is InChI=1S/C15H18N4O2S/c1-3-5-7-19-13-11(14(20)17-15(19)21)18(4-2)12(16-13)10-6-8-22-9-10/h6,8-9H,3-5,7H2,1-2H3,(H,17,20,21). The highest BCUT2D eigenvalue weighted by atomic mass is 32.1. The second kappa shape index (κ2) is 5.92. The molecule has 3 aromatic heterocycles. The summed E-state index contributed by atoms with van der Waals surface area (Å²) in [5.41, 5.74) is 1.16. The Hall–Kier alpha value is -2.15. The number of nitrogens with zero attached hydrogens (tertiary/aromatic N) is 3. The lowest BCUT2D eigenvalue weighted by atomic mass is 10.3. The van der Waals surface area contributed by atoms with E-state index < -0.39 is 0 Å². The van der Waals surface area contributed by atoms with Gasteiger partial charge in [-0.25, -0.2) is 9.78 Å². The molecule has 0 amide bonds. The number of thiophene rings is 1. The van der Waals surface area contributed by atoms with Crippen molar-refractivity contribution in [2.24, 2.45) is 0 Å². The lowest BCUT2D eigenvalue weighted by molar-refractivity contribution is 0.613. The van der Waals surface area contributed by atoms with Gasteiger partial charge in [0.2, 0.25) is 0 Å². The van der Waals surface area contributed by atoms with Gasteiger partial charge in [0.15, 0.2) is 11.2 Å². The van der Waals surface area contributed by atoms with Crippen molar-refractivity contribution in [2.75, 3.05) is 0 Å². The largest absolute Gasteiger partial charge is 0.330 e. The van der Waals surface area contributed by atoms with E-state index >= 15 is 0 Å². The number of aryl methyl sites for hydroxylation is 2. The Morgan fingerprint density at radius 1 is 1.27 bits per heavy atom. The molecule has 0 saturated heterocycles. The van der Waals surface area contributed by atoms with Crippen molar-refractivity contribution in [3.05, 3.63) is 37.7 Å². The SMILES string of the molecule is CCCCn1c(=O)[nH]c(=O)c2c1nc(-c1ccsc1)n2CC. The van der Waals surface area contributed by atoms with Gasteiger partial charge in [-0.1, -0.05) is 13.3 Å². The van der Waals surface area contributed by atoms with Gasteiger partial charge < -0.3 is 4.57 Å². The lowest BCUT2D eigenvalue weighted by Gasteiger charge is -2.05. The highest BCUT2D eigenvalue weighted by Gasteiger charge is 2.18. The molecule has 22 heavy (non-hydrogen) atoms. The van der Waals surface area contributed by atoms with Crippen LogP contribution in [0.3, 0.4) is 0 Å². The van der Waals surface area contributed by atoms with Crippen LogP contribution in [-0.2, 0) is 13.1 Å². The van der Waals surface area contributed by atoms with E-state index in [2.05, 4.69) is 16.9 Å². The number of H-pyrrole nitrogens is 1. The van der Waals surface area contributed by atoms with Crippen molar-refractivity contribution in [3.8, 4) is 11.4 Å². The molecule has 6 nitrogen and oxygen atoms in total. The Morgan fingerprint density at radius 3 is 2.73 bits per heavy atom. The van der Waals surface area contributed by atoms with Crippen LogP contribution in [0.2, 0.25) is 0 Å². The first-order valence-electron chi connectivity index (χ1n) is 7.43. The van der Waals surface area contributed by atoms with E-state index in [1.165, 1.54) is 0 Å². The number of aromatic nitrogens is 4. The summed E-state index contributed by atoms with van der Waals surface area (Å²) in [6.45, 7) is 5.22. The van der Waals surface area contributed by atoms with Crippen molar-refractivity contribution in [1.29, 1.82) is 0 Å². The van der Waals surface area contributed by atoms with Crippen LogP contribution in [-0.4, -0.2) is 19.1 Å². The minimum atomic E-state index is -0.386. The van der Waals surface area contributed by atoms with E-state index in [0.29, 0.717) is 24.3 Å². The second-order valence-electron chi connectivity index (χ2n) is 5.13. The zero-order chi connectivity index (χ0) is 15.7. The molecule has 0 unspecified atom stereocenters. The van der Waals surface area contributed by atoms with Crippen molar-refractivity contribution in [1.82, 2.24) is 19.1 Å². The molecule has 0 fully saturated rings. The Labute approximate surface area is 131 Å². The molecule has 3 heterocycles. The van der Waals surface area contributed by atoms with Crippen molar-refractivity contribution < 1.29 is 0 Å². The molecular weight excluding hydrogens is 300 g/mol. The Balaban J connectivity index is 2.35. The molecule has 0 saturated carbocycles. The zero-order valence-electron chi connectivity index (χ0n) is 12.6. The van der Waals surface area contributed by atoms with Gasteiger partial charge in [-0.15, -0.1) is 0 Å². The van der Waals surface area contributed by atoms with Crippen LogP contribution in [0.1, 0.15) is 26.7 Å². The van der Waals surface area contributed by atoms with Crippen LogP contribution in [0.4, 0.5) is 0 Å². The number of unbranched alkanes of at least 4 members (excludes halogenated alkanes) is 1. The maximum atomic E-state index is 12.3. The maximum absolute atomic E-state index is 12.3. The van der Waals surface area contributed by atoms with Crippen LogP contribution < -0.4 is 11.2 Å². The number of rotatable bonds is 5. The zero-order valence-corrected chi connectivity index (χ0v) is 13.4. The summed E-state index contributed by atoms with van der Waals surface area (Å²) in [4.78, 5) is 31.4. The average molecular weight is 318 g/mol. The van der Waals surface area contributed by atoms with E-state index in [0.717, 1.165) is 24.2 Å². The lowest BCUT2D eigenvalue weighted by Crippen LogP contribution is -2.31. The van der Waals surface area contributed by atoms with Gasteiger partial charge in [-0.05, 0) is 24.8 Å². The van der Waals surface area contributed by atoms with Crippen molar-refractivity contribution in [2.45, 2.75) is 39.8 Å². The van der Waals surface area contributed by atoms with Crippen LogP contribution in [0.25, 0.3) is 22.6 Å². The molecule has 116 valence electrons. The molecule has 0 spiro atoms. The van der Waals surface area contributed by atoms with Gasteiger partial charge in [0, 0.05) is 24.0 Å². The molecule has 0 aliphatic carbocycles. The van der Waals surface area contributed by atoms with E-state index in [1.807, 2.05) is 28.3 Å². The first-order valence-corrected chi connectivity index (χ1v) is 8.37. The third-order valence-electron chi connectivity index (χ3n) is 3.72. The van der Waals surface area contributed by atoms with E-state index in [1.54, 1.807) is 15.9 Å². The fourth-order valence-corrected chi connectivity index (χ4v) is 3.25. The summed E-state index contributed by atoms with van der Waals surface area (Å²) < 4.78 is 3.44. The third-order valence-corrected chi connectivity index (χ3v) is 4.40. The van der Waals surface area contributed by atoms with E-state index in [-0.39, 0.29) is 11.2 Å². The summed E-state index contributed by atoms with van der Waals surface area (Å²) in [7, 11) is 0. The number of hydrogen-bond acceptors (Lipinski definition) is 4. The highest BCUT2D eigenvalue weighted by molar-refractivity contribution is 7.08. The fourth-order valence-electron chi connectivity index (χ4n) is 2.62. The summed E-state index contributed by atoms with van der Waals surface area (Å²) in [6.07, 6.45) is 1.84. The summed E-state index contributed by atoms with van der Waals surface area (Å²) >= 11 is 1.58. The summed E-state index contributed by atoms with van der Waals surface area (Å²) in [6, 6.07) is 1.97. The molecule has 0 aliphatic rings. The Bertz CT molecular complexity index is 902. The van der Waals surface area contributed by atoms with Crippen LogP contribution in [0.15, 0.2) is 26.4 Å². The minimum absolute atomic E-state index is 0.372. The average Bonchev–Trinajstić information content (AvgIpc) is 3.13. The second-order valence-corrected chi connectivity index (χ2v) is 5.91. The number of aromatic amines is 1. The molecule has 0 bridgehead atoms. The van der Waals surface area contributed by atoms with E-state index in [4.69, 9.17) is 0 Å². The first-order chi connectivity index (χ1) is 10.7. The van der Waals surface area contributed by atoms with Gasteiger partial charge >= 0.3 is 5.69 Å². The maximum Gasteiger partial charge on any atom is 0.330 e. The predicted molar refractivity (Wildman–Crippen MR) is 88.5 cm³/mol. The Kier molecular flexibility index (Phi) is 3.98. The van der Waals surface area contributed by atoms with Crippen LogP contribution >= 0.6 is 11.3 Å². The minimum Gasteiger partial charge on any atom is -0.318 e. The number of fused-ring (bicyclic) bond motifs is 1. The smallest absolute Gasteiger partial charge is 0.318 e. The summed E-state index contributed by atoms with van der Waals surface area (Å²) in [5, 5.41) is 3.97. The first kappa shape index (κ1) is 14.8. The van der Waals surface area contributed by atoms with E-state index in [9.17, 15) is 9.59 Å². The molecule has 0 radical (unpaired) electrons. The van der Waals surface area contributed by atoms with Gasteiger partial charge in [0.1, 0.15) is 5.82 Å². The molecule has 0 aromatic carbocycles. The highest BCUT2D eigenvalue weighted by Crippen LogP contribution is 2.24. The summed E-state index contributed by atoms with van der Waals surface area (Å²) in [5.74, 6) is 0.736. The quantitative estimate of drug-likeness (QED) is 0.785. The topological polar surface area (TPSA) is 72.7 Å². The molecule has 3 aromatic rings. The fraction of sp³-hybridized carbons (Fsp3) is 0.400. The number of imidazole rings is 1. The predicted octanol–water partition coefficient (Wildman–Crippen LogP) is 2.43. The van der Waals surface area contributed by atoms with Crippen LogP contribution in [0.5, 0.6) is 0 Å². The molecule has 0 aliphatic heterocycles. The Morgan fingerprint density at radius 2 is 2.09 bits per heavy atom. The van der Waals surface area contributed by atoms with Crippen molar-refractivity contribution in [3.63, 3.8) is 0 Å². The normalized spacial score (nSPS) is 11.4. The molecule has 0 atom stereocenters. The van der Waals surface area contributed by atoms with Gasteiger partial charge in [0.25, 0.3) is 5.56 Å². The van der Waals surface area contributed by atoms with Crippen molar-refractivity contribution >= 4 is 22.5 Å². The molecule has 3 rings (SSSR count). The van der Waals surface area contributed by atoms with Gasteiger partial charge in [-0.3, -0.25) is 14.3 Å². The number of hydrogen-bond donors (Lipinski definition) is 1. The number of nitrogens with one attached hydrogen (secondary N) is 1. The third kappa shape index (κ3) is 2.31. The molecule has 1 N–H and O–H groups in total. The monoisotopic (exact) mass is 318 g/mol. The molecular formula is C15H18N4O2S. The van der Waals surface area contributed by atoms with Gasteiger partial charge in [0.05, 0.1) is 0 Å². The van der Waals surface area contributed by atoms with Crippen LogP contribution in [0, 0.1) is 0 Å². The van der Waals surface area contributed by atoms with Gasteiger partial charge in [-0.2, -0.15) is 11.3 Å².